The summed E-state index contributed by atoms with van der Waals surface area (Å²) in [7, 11) is 1.72. The van der Waals surface area contributed by atoms with Crippen LogP contribution in [-0.2, 0) is 0 Å². The number of amides is 2. The molecular weight excluding hydrogens is 234 g/mol. The fourth-order valence-electron chi connectivity index (χ4n) is 1.34. The monoisotopic (exact) mass is 251 g/mol. The molecule has 4 nitrogen and oxygen atoms in total. The number of benzene rings is 1. The van der Waals surface area contributed by atoms with Crippen molar-refractivity contribution in [3.8, 4) is 0 Å². The average molecular weight is 251 g/mol. The molecule has 0 aromatic heterocycles. The van der Waals surface area contributed by atoms with Crippen LogP contribution < -0.4 is 11.1 Å². The van der Waals surface area contributed by atoms with E-state index >= 15 is 0 Å². The summed E-state index contributed by atoms with van der Waals surface area (Å²) in [5.41, 5.74) is 6.54. The summed E-state index contributed by atoms with van der Waals surface area (Å²) in [5.74, 6) is 0. The molecule has 0 radical (unpaired) electrons. The van der Waals surface area contributed by atoms with E-state index in [1.807, 2.05) is 37.3 Å². The van der Waals surface area contributed by atoms with Crippen molar-refractivity contribution in [3.63, 3.8) is 0 Å². The predicted octanol–water partition coefficient (Wildman–Crippen LogP) is 1.68. The van der Waals surface area contributed by atoms with Crippen LogP contribution in [0.5, 0.6) is 0 Å². The second-order valence-corrected chi connectivity index (χ2v) is 4.18. The van der Waals surface area contributed by atoms with Gasteiger partial charge in [0.1, 0.15) is 11.0 Å². The van der Waals surface area contributed by atoms with Crippen LogP contribution in [0.25, 0.3) is 0 Å². The Kier molecular flexibility index (Phi) is 4.90. The lowest BCUT2D eigenvalue weighted by Gasteiger charge is -2.22. The molecule has 0 aliphatic carbocycles. The molecule has 1 unspecified atom stereocenters. The molecule has 0 heterocycles. The third kappa shape index (κ3) is 3.71. The Morgan fingerprint density at radius 3 is 2.53 bits per heavy atom. The number of carbonyl (C=O) groups excluding carboxylic acids is 1. The number of hydrogen-bond donors (Lipinski definition) is 2. The number of nitrogens with two attached hydrogens (primary N) is 1. The summed E-state index contributed by atoms with van der Waals surface area (Å²) in [5, 5.41) is 2.80. The number of hydrogen-bond acceptors (Lipinski definition) is 2. The maximum Gasteiger partial charge on any atom is 0.317 e. The topological polar surface area (TPSA) is 58.4 Å². The van der Waals surface area contributed by atoms with Gasteiger partial charge in [-0.25, -0.2) is 4.79 Å². The van der Waals surface area contributed by atoms with Gasteiger partial charge in [-0.2, -0.15) is 0 Å². The molecule has 0 spiro atoms. The predicted molar refractivity (Wildman–Crippen MR) is 72.8 cm³/mol. The molecule has 0 fully saturated rings. The van der Waals surface area contributed by atoms with Crippen LogP contribution >= 0.6 is 12.2 Å². The van der Waals surface area contributed by atoms with E-state index in [0.717, 1.165) is 5.56 Å². The van der Waals surface area contributed by atoms with Gasteiger partial charge in [0.05, 0.1) is 0 Å². The van der Waals surface area contributed by atoms with Crippen molar-refractivity contribution in [3.05, 3.63) is 35.9 Å². The van der Waals surface area contributed by atoms with Crippen LogP contribution in [0.1, 0.15) is 18.5 Å². The average Bonchev–Trinajstić information content (AvgIpc) is 2.35. The van der Waals surface area contributed by atoms with Crippen LogP contribution in [-0.4, -0.2) is 29.5 Å². The summed E-state index contributed by atoms with van der Waals surface area (Å²) in [4.78, 5) is 13.6. The molecule has 0 bridgehead atoms. The first-order chi connectivity index (χ1) is 8.06. The zero-order valence-electron chi connectivity index (χ0n) is 10.0. The van der Waals surface area contributed by atoms with Gasteiger partial charge in [0, 0.05) is 13.6 Å². The molecule has 1 atom stereocenters. The van der Waals surface area contributed by atoms with Gasteiger partial charge in [0.2, 0.25) is 0 Å². The van der Waals surface area contributed by atoms with Gasteiger partial charge in [-0.15, -0.1) is 0 Å². The van der Waals surface area contributed by atoms with E-state index in [9.17, 15) is 4.79 Å². The van der Waals surface area contributed by atoms with Crippen molar-refractivity contribution in [2.75, 3.05) is 13.6 Å². The maximum absolute atomic E-state index is 11.8. The third-order valence-corrected chi connectivity index (χ3v) is 2.74. The van der Waals surface area contributed by atoms with E-state index in [1.165, 1.54) is 0 Å². The van der Waals surface area contributed by atoms with Gasteiger partial charge < -0.3 is 16.0 Å². The Morgan fingerprint density at radius 1 is 1.47 bits per heavy atom. The van der Waals surface area contributed by atoms with Crippen LogP contribution in [0.2, 0.25) is 0 Å². The summed E-state index contributed by atoms with van der Waals surface area (Å²) >= 11 is 4.98. The number of nitrogens with one attached hydrogen (secondary N) is 1. The molecule has 3 N–H and O–H groups in total. The van der Waals surface area contributed by atoms with Crippen molar-refractivity contribution in [2.24, 2.45) is 5.73 Å². The number of rotatable bonds is 4. The van der Waals surface area contributed by atoms with Crippen LogP contribution in [0.3, 0.4) is 0 Å². The van der Waals surface area contributed by atoms with E-state index in [2.05, 4.69) is 5.32 Å². The molecule has 17 heavy (non-hydrogen) atoms. The first kappa shape index (κ1) is 13.4. The van der Waals surface area contributed by atoms with E-state index in [-0.39, 0.29) is 11.0 Å². The molecule has 0 aliphatic rings. The van der Waals surface area contributed by atoms with Crippen molar-refractivity contribution < 1.29 is 4.79 Å². The Bertz CT molecular complexity index is 394. The quantitative estimate of drug-likeness (QED) is 0.800. The van der Waals surface area contributed by atoms with Gasteiger partial charge >= 0.3 is 6.03 Å². The molecule has 0 saturated heterocycles. The van der Waals surface area contributed by atoms with Gasteiger partial charge in [-0.05, 0) is 12.5 Å². The lowest BCUT2D eigenvalue weighted by molar-refractivity contribution is 0.209. The van der Waals surface area contributed by atoms with Crippen molar-refractivity contribution in [1.29, 1.82) is 0 Å². The minimum atomic E-state index is -0.423. The van der Waals surface area contributed by atoms with Crippen molar-refractivity contribution >= 4 is 23.2 Å². The van der Waals surface area contributed by atoms with Crippen LogP contribution in [0.15, 0.2) is 30.3 Å². The number of carbonyl (C=O) groups is 1. The van der Waals surface area contributed by atoms with E-state index in [1.54, 1.807) is 11.9 Å². The largest absolute Gasteiger partial charge is 0.391 e. The highest BCUT2D eigenvalue weighted by molar-refractivity contribution is 7.80. The molecule has 1 rings (SSSR count). The standard InChI is InChI=1S/C12H17N3OS/c1-3-15(2)12(16)14-10(11(13)17)9-7-5-4-6-8-9/h4-8,10H,3H2,1-2H3,(H2,13,17)(H,14,16). The molecule has 0 saturated carbocycles. The number of thiocarbonyl (C=S) groups is 1. The number of urea groups is 1. The molecular formula is C12H17N3OS. The highest BCUT2D eigenvalue weighted by Crippen LogP contribution is 2.13. The highest BCUT2D eigenvalue weighted by Gasteiger charge is 2.18. The normalized spacial score (nSPS) is 11.6. The Morgan fingerprint density at radius 2 is 2.06 bits per heavy atom. The van der Waals surface area contributed by atoms with Crippen molar-refractivity contribution in [2.45, 2.75) is 13.0 Å². The van der Waals surface area contributed by atoms with E-state index in [0.29, 0.717) is 6.54 Å². The maximum atomic E-state index is 11.8. The fourth-order valence-corrected chi connectivity index (χ4v) is 1.54. The fraction of sp³-hybridized carbons (Fsp3) is 0.333. The lowest BCUT2D eigenvalue weighted by Crippen LogP contribution is -2.43. The zero-order chi connectivity index (χ0) is 12.8. The SMILES string of the molecule is CCN(C)C(=O)NC(C(N)=S)c1ccccc1. The summed E-state index contributed by atoms with van der Waals surface area (Å²) in [6.07, 6.45) is 0. The van der Waals surface area contributed by atoms with Crippen LogP contribution in [0, 0.1) is 0 Å². The van der Waals surface area contributed by atoms with Gasteiger partial charge in [-0.1, -0.05) is 42.5 Å². The minimum absolute atomic E-state index is 0.186. The molecule has 5 heteroatoms. The minimum Gasteiger partial charge on any atom is -0.391 e. The van der Waals surface area contributed by atoms with Crippen molar-refractivity contribution in [1.82, 2.24) is 10.2 Å². The highest BCUT2D eigenvalue weighted by atomic mass is 32.1. The van der Waals surface area contributed by atoms with Gasteiger partial charge in [0.25, 0.3) is 0 Å². The number of nitrogens with zero attached hydrogens (tertiary/aromatic N) is 1. The molecule has 92 valence electrons. The molecule has 0 aliphatic heterocycles. The smallest absolute Gasteiger partial charge is 0.317 e. The first-order valence-electron chi connectivity index (χ1n) is 5.42. The Balaban J connectivity index is 2.82. The molecule has 2 amide bonds. The van der Waals surface area contributed by atoms with Gasteiger partial charge in [0.15, 0.2) is 0 Å². The van der Waals surface area contributed by atoms with Crippen LogP contribution in [0.4, 0.5) is 4.79 Å². The summed E-state index contributed by atoms with van der Waals surface area (Å²) in [6, 6.07) is 8.83. The molecule has 1 aromatic carbocycles. The molecule has 1 aromatic rings. The second-order valence-electron chi connectivity index (χ2n) is 3.71. The lowest BCUT2D eigenvalue weighted by atomic mass is 10.1. The zero-order valence-corrected chi connectivity index (χ0v) is 10.8. The van der Waals surface area contributed by atoms with E-state index in [4.69, 9.17) is 18.0 Å². The summed E-state index contributed by atoms with van der Waals surface area (Å²) < 4.78 is 0. The van der Waals surface area contributed by atoms with Gasteiger partial charge in [-0.3, -0.25) is 0 Å². The second kappa shape index (κ2) is 6.20. The summed E-state index contributed by atoms with van der Waals surface area (Å²) in [6.45, 7) is 2.53. The first-order valence-corrected chi connectivity index (χ1v) is 5.83. The Hall–Kier alpha value is -1.62. The van der Waals surface area contributed by atoms with E-state index < -0.39 is 6.04 Å². The Labute approximate surface area is 107 Å². The third-order valence-electron chi connectivity index (χ3n) is 2.51.